The Labute approximate surface area is 140 Å². The van der Waals surface area contributed by atoms with Crippen molar-refractivity contribution in [2.24, 2.45) is 10.9 Å². The number of rotatable bonds is 3. The van der Waals surface area contributed by atoms with Gasteiger partial charge in [0, 0.05) is 35.2 Å². The summed E-state index contributed by atoms with van der Waals surface area (Å²) < 4.78 is 0. The Kier molecular flexibility index (Phi) is 4.39. The Morgan fingerprint density at radius 3 is 2.48 bits per heavy atom. The zero-order chi connectivity index (χ0) is 15.5. The van der Waals surface area contributed by atoms with Gasteiger partial charge in [0.2, 0.25) is 0 Å². The van der Waals surface area contributed by atoms with Crippen molar-refractivity contribution < 1.29 is 0 Å². The minimum Gasteiger partial charge on any atom is -0.317 e. The van der Waals surface area contributed by atoms with Gasteiger partial charge in [-0.05, 0) is 25.9 Å². The standard InChI is InChI=1S/C18H20N4S/c1-2-4-13(5-3-1)17-20-10-15(11-21-17)16-12-23-18(22-16)14-6-8-19-9-7-14/h1-5,10-11,14,16,19H,6-9,12H2. The predicted octanol–water partition coefficient (Wildman–Crippen LogP) is 3.33. The lowest BCUT2D eigenvalue weighted by Gasteiger charge is -2.21. The third kappa shape index (κ3) is 3.31. The number of benzene rings is 1. The normalized spacial score (nSPS) is 22.1. The molecule has 1 unspecified atom stereocenters. The molecule has 1 fully saturated rings. The number of aromatic nitrogens is 2. The second-order valence-electron chi connectivity index (χ2n) is 6.02. The molecule has 0 amide bonds. The van der Waals surface area contributed by atoms with Crippen LogP contribution in [-0.2, 0) is 0 Å². The van der Waals surface area contributed by atoms with Crippen LogP contribution < -0.4 is 5.32 Å². The van der Waals surface area contributed by atoms with E-state index in [-0.39, 0.29) is 6.04 Å². The topological polar surface area (TPSA) is 50.2 Å². The second-order valence-corrected chi connectivity index (χ2v) is 7.06. The maximum Gasteiger partial charge on any atom is 0.159 e. The fourth-order valence-corrected chi connectivity index (χ4v) is 4.37. The molecule has 4 rings (SSSR count). The molecule has 23 heavy (non-hydrogen) atoms. The van der Waals surface area contributed by atoms with Crippen molar-refractivity contribution in [1.29, 1.82) is 0 Å². The monoisotopic (exact) mass is 324 g/mol. The average Bonchev–Trinajstić information content (AvgIpc) is 3.14. The first-order valence-electron chi connectivity index (χ1n) is 8.19. The largest absolute Gasteiger partial charge is 0.317 e. The predicted molar refractivity (Wildman–Crippen MR) is 95.7 cm³/mol. The molecule has 2 aliphatic heterocycles. The van der Waals surface area contributed by atoms with E-state index in [0.717, 1.165) is 35.8 Å². The van der Waals surface area contributed by atoms with Crippen LogP contribution in [0.5, 0.6) is 0 Å². The van der Waals surface area contributed by atoms with Gasteiger partial charge in [0.15, 0.2) is 5.82 Å². The van der Waals surface area contributed by atoms with Crippen molar-refractivity contribution >= 4 is 16.8 Å². The van der Waals surface area contributed by atoms with Crippen LogP contribution in [0.4, 0.5) is 0 Å². The van der Waals surface area contributed by atoms with E-state index in [1.54, 1.807) is 0 Å². The molecule has 0 radical (unpaired) electrons. The fourth-order valence-electron chi connectivity index (χ4n) is 3.10. The van der Waals surface area contributed by atoms with Gasteiger partial charge in [-0.15, -0.1) is 11.8 Å². The number of hydrogen-bond donors (Lipinski definition) is 1. The molecule has 0 spiro atoms. The summed E-state index contributed by atoms with van der Waals surface area (Å²) in [5.41, 5.74) is 2.18. The number of piperidine rings is 1. The molecule has 2 aliphatic rings. The summed E-state index contributed by atoms with van der Waals surface area (Å²) in [6.45, 7) is 2.23. The zero-order valence-corrected chi connectivity index (χ0v) is 13.8. The van der Waals surface area contributed by atoms with Crippen LogP contribution in [0, 0.1) is 5.92 Å². The lowest BCUT2D eigenvalue weighted by Crippen LogP contribution is -2.30. The fraction of sp³-hybridized carbons (Fsp3) is 0.389. The van der Waals surface area contributed by atoms with Crippen molar-refractivity contribution in [3.63, 3.8) is 0 Å². The molecule has 3 heterocycles. The quantitative estimate of drug-likeness (QED) is 0.941. The van der Waals surface area contributed by atoms with Gasteiger partial charge in [-0.25, -0.2) is 9.97 Å². The highest BCUT2D eigenvalue weighted by Gasteiger charge is 2.27. The summed E-state index contributed by atoms with van der Waals surface area (Å²) in [6, 6.07) is 10.3. The SMILES string of the molecule is c1ccc(-c2ncc(C3CSC(C4CCNCC4)=N3)cn2)cc1. The van der Waals surface area contributed by atoms with Gasteiger partial charge in [-0.1, -0.05) is 30.3 Å². The van der Waals surface area contributed by atoms with Crippen molar-refractivity contribution in [1.82, 2.24) is 15.3 Å². The molecule has 0 saturated carbocycles. The maximum absolute atomic E-state index is 4.96. The molecular formula is C18H20N4S. The molecule has 2 aromatic rings. The molecular weight excluding hydrogens is 304 g/mol. The second kappa shape index (κ2) is 6.81. The first kappa shape index (κ1) is 14.8. The first-order valence-corrected chi connectivity index (χ1v) is 9.17. The molecule has 1 atom stereocenters. The molecule has 0 bridgehead atoms. The van der Waals surface area contributed by atoms with Crippen LogP contribution in [0.3, 0.4) is 0 Å². The van der Waals surface area contributed by atoms with E-state index in [4.69, 9.17) is 4.99 Å². The third-order valence-corrected chi connectivity index (χ3v) is 5.67. The highest BCUT2D eigenvalue weighted by molar-refractivity contribution is 8.14. The van der Waals surface area contributed by atoms with E-state index in [0.29, 0.717) is 5.92 Å². The Balaban J connectivity index is 1.49. The van der Waals surface area contributed by atoms with Crippen molar-refractivity contribution in [3.8, 4) is 11.4 Å². The highest BCUT2D eigenvalue weighted by Crippen LogP contribution is 2.35. The smallest absolute Gasteiger partial charge is 0.159 e. The van der Waals surface area contributed by atoms with Crippen LogP contribution in [0.2, 0.25) is 0 Å². The van der Waals surface area contributed by atoms with Crippen LogP contribution in [-0.4, -0.2) is 33.9 Å². The van der Waals surface area contributed by atoms with Gasteiger partial charge in [-0.3, -0.25) is 4.99 Å². The summed E-state index contributed by atoms with van der Waals surface area (Å²) in [4.78, 5) is 14.0. The van der Waals surface area contributed by atoms with Gasteiger partial charge >= 0.3 is 0 Å². The van der Waals surface area contributed by atoms with E-state index in [2.05, 4.69) is 15.3 Å². The molecule has 1 saturated heterocycles. The molecule has 5 heteroatoms. The van der Waals surface area contributed by atoms with E-state index in [1.807, 2.05) is 54.5 Å². The maximum atomic E-state index is 4.96. The minimum absolute atomic E-state index is 0.217. The molecule has 1 aromatic heterocycles. The minimum atomic E-state index is 0.217. The Morgan fingerprint density at radius 1 is 1.00 bits per heavy atom. The summed E-state index contributed by atoms with van der Waals surface area (Å²) in [7, 11) is 0. The molecule has 1 aromatic carbocycles. The Hall–Kier alpha value is -1.72. The molecule has 0 aliphatic carbocycles. The number of thioether (sulfide) groups is 1. The molecule has 118 valence electrons. The summed E-state index contributed by atoms with van der Waals surface area (Å²) in [5, 5.41) is 4.76. The van der Waals surface area contributed by atoms with E-state index >= 15 is 0 Å². The van der Waals surface area contributed by atoms with Crippen molar-refractivity contribution in [2.45, 2.75) is 18.9 Å². The van der Waals surface area contributed by atoms with E-state index in [9.17, 15) is 0 Å². The number of nitrogens with one attached hydrogen (secondary N) is 1. The van der Waals surface area contributed by atoms with Gasteiger partial charge in [0.05, 0.1) is 11.1 Å². The molecule has 4 nitrogen and oxygen atoms in total. The van der Waals surface area contributed by atoms with Crippen LogP contribution in [0.25, 0.3) is 11.4 Å². The summed E-state index contributed by atoms with van der Waals surface area (Å²) in [6.07, 6.45) is 6.30. The van der Waals surface area contributed by atoms with Crippen molar-refractivity contribution in [3.05, 3.63) is 48.3 Å². The van der Waals surface area contributed by atoms with Crippen molar-refractivity contribution in [2.75, 3.05) is 18.8 Å². The van der Waals surface area contributed by atoms with Gasteiger partial charge in [0.25, 0.3) is 0 Å². The zero-order valence-electron chi connectivity index (χ0n) is 13.0. The van der Waals surface area contributed by atoms with E-state index < -0.39 is 0 Å². The van der Waals surface area contributed by atoms with Crippen LogP contribution in [0.15, 0.2) is 47.7 Å². The van der Waals surface area contributed by atoms with Gasteiger partial charge in [-0.2, -0.15) is 0 Å². The highest BCUT2D eigenvalue weighted by atomic mass is 32.2. The van der Waals surface area contributed by atoms with E-state index in [1.165, 1.54) is 17.9 Å². The average molecular weight is 324 g/mol. The van der Waals surface area contributed by atoms with Crippen LogP contribution >= 0.6 is 11.8 Å². The Bertz CT molecular complexity index is 678. The third-order valence-electron chi connectivity index (χ3n) is 4.45. The van der Waals surface area contributed by atoms with Crippen LogP contribution in [0.1, 0.15) is 24.4 Å². The summed E-state index contributed by atoms with van der Waals surface area (Å²) >= 11 is 1.92. The van der Waals surface area contributed by atoms with Gasteiger partial charge in [0.1, 0.15) is 0 Å². The first-order chi connectivity index (χ1) is 11.4. The lowest BCUT2D eigenvalue weighted by atomic mass is 9.99. The number of hydrogen-bond acceptors (Lipinski definition) is 5. The number of nitrogens with zero attached hydrogens (tertiary/aromatic N) is 3. The number of aliphatic imine (C=N–C) groups is 1. The lowest BCUT2D eigenvalue weighted by molar-refractivity contribution is 0.459. The van der Waals surface area contributed by atoms with Gasteiger partial charge < -0.3 is 5.32 Å². The summed E-state index contributed by atoms with van der Waals surface area (Å²) in [5.74, 6) is 2.45. The molecule has 1 N–H and O–H groups in total. The Morgan fingerprint density at radius 2 is 1.74 bits per heavy atom.